The zero-order valence-electron chi connectivity index (χ0n) is 15.3. The second kappa shape index (κ2) is 8.74. The highest BCUT2D eigenvalue weighted by atomic mass is 19.4. The molecule has 0 atom stereocenters. The number of benzene rings is 2. The van der Waals surface area contributed by atoms with Crippen molar-refractivity contribution in [2.24, 2.45) is 0 Å². The molecular formula is C22H18F3NO3. The quantitative estimate of drug-likeness (QED) is 0.450. The number of nitrogens with one attached hydrogen (secondary N) is 1. The van der Waals surface area contributed by atoms with Gasteiger partial charge in [0.15, 0.2) is 0 Å². The van der Waals surface area contributed by atoms with Gasteiger partial charge in [-0.15, -0.1) is 0 Å². The molecule has 2 N–H and O–H groups in total. The fourth-order valence-corrected chi connectivity index (χ4v) is 2.82. The molecule has 3 rings (SSSR count). The van der Waals surface area contributed by atoms with E-state index < -0.39 is 17.7 Å². The van der Waals surface area contributed by atoms with E-state index in [1.807, 2.05) is 12.1 Å². The summed E-state index contributed by atoms with van der Waals surface area (Å²) in [5.41, 5.74) is 1.37. The molecule has 0 saturated heterocycles. The van der Waals surface area contributed by atoms with Crippen LogP contribution in [0.4, 0.5) is 13.2 Å². The predicted octanol–water partition coefficient (Wildman–Crippen LogP) is 5.02. The van der Waals surface area contributed by atoms with Gasteiger partial charge in [0, 0.05) is 35.2 Å². The van der Waals surface area contributed by atoms with Crippen LogP contribution in [0.2, 0.25) is 0 Å². The summed E-state index contributed by atoms with van der Waals surface area (Å²) in [6, 6.07) is 10.2. The van der Waals surface area contributed by atoms with Gasteiger partial charge < -0.3 is 14.8 Å². The average molecular weight is 401 g/mol. The predicted molar refractivity (Wildman–Crippen MR) is 103 cm³/mol. The fourth-order valence-electron chi connectivity index (χ4n) is 2.82. The number of fused-ring (bicyclic) bond motifs is 1. The van der Waals surface area contributed by atoms with Gasteiger partial charge in [-0.3, -0.25) is 4.79 Å². The molecular weight excluding hydrogens is 383 g/mol. The number of carboxylic acid groups (broad SMARTS) is 1. The van der Waals surface area contributed by atoms with Gasteiger partial charge in [0.1, 0.15) is 5.75 Å². The third-order valence-electron chi connectivity index (χ3n) is 4.24. The summed E-state index contributed by atoms with van der Waals surface area (Å²) in [6.45, 7) is 0.440. The maximum atomic E-state index is 12.5. The SMILES string of the molecule is O=C(O)Cc1c[nH]c2cc(OCCCC#Cc3ccc(C(F)(F)F)cc3)ccc12. The van der Waals surface area contributed by atoms with E-state index in [9.17, 15) is 18.0 Å². The van der Waals surface area contributed by atoms with Crippen molar-refractivity contribution in [2.45, 2.75) is 25.4 Å². The number of aromatic nitrogens is 1. The standard InChI is InChI=1S/C22H18F3NO3/c23-22(24,25)17-7-5-15(6-8-17)4-2-1-3-11-29-18-9-10-19-16(12-21(27)28)14-26-20(19)13-18/h5-10,13-14,26H,1,3,11-12H2,(H,27,28). The van der Waals surface area contributed by atoms with Crippen LogP contribution in [0.15, 0.2) is 48.7 Å². The Morgan fingerprint density at radius 3 is 2.59 bits per heavy atom. The lowest BCUT2D eigenvalue weighted by Gasteiger charge is -2.05. The maximum absolute atomic E-state index is 12.5. The van der Waals surface area contributed by atoms with Crippen molar-refractivity contribution >= 4 is 16.9 Å². The third-order valence-corrected chi connectivity index (χ3v) is 4.24. The molecule has 150 valence electrons. The van der Waals surface area contributed by atoms with E-state index in [4.69, 9.17) is 9.84 Å². The first-order valence-corrected chi connectivity index (χ1v) is 8.93. The lowest BCUT2D eigenvalue weighted by atomic mass is 10.1. The highest BCUT2D eigenvalue weighted by Gasteiger charge is 2.29. The highest BCUT2D eigenvalue weighted by molar-refractivity contribution is 5.87. The molecule has 4 nitrogen and oxygen atoms in total. The van der Waals surface area contributed by atoms with Crippen LogP contribution in [-0.4, -0.2) is 22.7 Å². The zero-order valence-corrected chi connectivity index (χ0v) is 15.3. The van der Waals surface area contributed by atoms with Crippen LogP contribution in [-0.2, 0) is 17.4 Å². The van der Waals surface area contributed by atoms with Gasteiger partial charge in [-0.25, -0.2) is 0 Å². The topological polar surface area (TPSA) is 62.3 Å². The number of alkyl halides is 3. The van der Waals surface area contributed by atoms with Crippen molar-refractivity contribution in [3.8, 4) is 17.6 Å². The van der Waals surface area contributed by atoms with Crippen LogP contribution in [0.1, 0.15) is 29.5 Å². The smallest absolute Gasteiger partial charge is 0.416 e. The molecule has 2 aromatic carbocycles. The van der Waals surface area contributed by atoms with Crippen molar-refractivity contribution in [1.29, 1.82) is 0 Å². The van der Waals surface area contributed by atoms with Crippen LogP contribution in [0, 0.1) is 11.8 Å². The molecule has 0 radical (unpaired) electrons. The van der Waals surface area contributed by atoms with Gasteiger partial charge in [0.25, 0.3) is 0 Å². The Morgan fingerprint density at radius 2 is 1.90 bits per heavy atom. The number of aliphatic carboxylic acids is 1. The normalized spacial score (nSPS) is 11.1. The van der Waals surface area contributed by atoms with E-state index in [2.05, 4.69) is 16.8 Å². The number of carbonyl (C=O) groups is 1. The van der Waals surface area contributed by atoms with Crippen LogP contribution >= 0.6 is 0 Å². The second-order valence-electron chi connectivity index (χ2n) is 6.42. The zero-order chi connectivity index (χ0) is 20.9. The maximum Gasteiger partial charge on any atom is 0.416 e. The molecule has 0 spiro atoms. The molecule has 7 heteroatoms. The number of carboxylic acids is 1. The Hall–Kier alpha value is -3.40. The third kappa shape index (κ3) is 5.55. The van der Waals surface area contributed by atoms with Crippen molar-refractivity contribution in [3.63, 3.8) is 0 Å². The summed E-state index contributed by atoms with van der Waals surface area (Å²) in [5.74, 6) is 5.54. The summed E-state index contributed by atoms with van der Waals surface area (Å²) in [6.07, 6.45) is -1.49. The fraction of sp³-hybridized carbons (Fsp3) is 0.227. The van der Waals surface area contributed by atoms with Gasteiger partial charge >= 0.3 is 12.1 Å². The second-order valence-corrected chi connectivity index (χ2v) is 6.42. The van der Waals surface area contributed by atoms with Crippen LogP contribution < -0.4 is 4.74 Å². The number of aromatic amines is 1. The number of H-pyrrole nitrogens is 1. The first kappa shape index (κ1) is 20.3. The van der Waals surface area contributed by atoms with E-state index >= 15 is 0 Å². The molecule has 0 amide bonds. The Kier molecular flexibility index (Phi) is 6.13. The molecule has 0 bridgehead atoms. The summed E-state index contributed by atoms with van der Waals surface area (Å²) >= 11 is 0. The minimum atomic E-state index is -4.34. The molecule has 0 unspecified atom stereocenters. The van der Waals surface area contributed by atoms with Crippen LogP contribution in [0.3, 0.4) is 0 Å². The highest BCUT2D eigenvalue weighted by Crippen LogP contribution is 2.29. The number of hydrogen-bond donors (Lipinski definition) is 2. The van der Waals surface area contributed by atoms with E-state index in [-0.39, 0.29) is 6.42 Å². The number of rotatable bonds is 6. The Balaban J connectivity index is 1.47. The number of halogens is 3. The number of unbranched alkanes of at least 4 members (excludes halogenated alkanes) is 1. The van der Waals surface area contributed by atoms with Crippen molar-refractivity contribution < 1.29 is 27.8 Å². The van der Waals surface area contributed by atoms with Crippen molar-refractivity contribution in [3.05, 3.63) is 65.4 Å². The lowest BCUT2D eigenvalue weighted by Crippen LogP contribution is -2.04. The molecule has 3 aromatic rings. The van der Waals surface area contributed by atoms with Crippen LogP contribution in [0.25, 0.3) is 10.9 Å². The molecule has 0 aliphatic rings. The largest absolute Gasteiger partial charge is 0.493 e. The van der Waals surface area contributed by atoms with E-state index in [1.165, 1.54) is 12.1 Å². The van der Waals surface area contributed by atoms with Gasteiger partial charge in [-0.05, 0) is 48.4 Å². The number of ether oxygens (including phenoxy) is 1. The Bertz CT molecular complexity index is 1060. The molecule has 0 saturated carbocycles. The van der Waals surface area contributed by atoms with Crippen molar-refractivity contribution in [2.75, 3.05) is 6.61 Å². The number of hydrogen-bond acceptors (Lipinski definition) is 2. The average Bonchev–Trinajstić information content (AvgIpc) is 3.05. The van der Waals surface area contributed by atoms with Gasteiger partial charge in [0.2, 0.25) is 0 Å². The van der Waals surface area contributed by atoms with Gasteiger partial charge in [-0.2, -0.15) is 13.2 Å². The molecule has 0 fully saturated rings. The Labute approximate surface area is 165 Å². The van der Waals surface area contributed by atoms with Gasteiger partial charge in [-0.1, -0.05) is 11.8 Å². The lowest BCUT2D eigenvalue weighted by molar-refractivity contribution is -0.138. The van der Waals surface area contributed by atoms with E-state index in [0.29, 0.717) is 30.8 Å². The molecule has 0 aliphatic heterocycles. The molecule has 1 aromatic heterocycles. The summed E-state index contributed by atoms with van der Waals surface area (Å²) in [4.78, 5) is 13.9. The first-order valence-electron chi connectivity index (χ1n) is 8.93. The minimum Gasteiger partial charge on any atom is -0.493 e. The summed E-state index contributed by atoms with van der Waals surface area (Å²) < 4.78 is 43.2. The van der Waals surface area contributed by atoms with Gasteiger partial charge in [0.05, 0.1) is 18.6 Å². The van der Waals surface area contributed by atoms with Crippen LogP contribution in [0.5, 0.6) is 5.75 Å². The molecule has 29 heavy (non-hydrogen) atoms. The van der Waals surface area contributed by atoms with E-state index in [1.54, 1.807) is 12.3 Å². The Morgan fingerprint density at radius 1 is 1.14 bits per heavy atom. The summed E-state index contributed by atoms with van der Waals surface area (Å²) in [5, 5.41) is 9.76. The first-order chi connectivity index (χ1) is 13.8. The van der Waals surface area contributed by atoms with Crippen molar-refractivity contribution in [1.82, 2.24) is 4.98 Å². The molecule has 0 aliphatic carbocycles. The van der Waals surface area contributed by atoms with E-state index in [0.717, 1.165) is 28.6 Å². The monoisotopic (exact) mass is 401 g/mol. The summed E-state index contributed by atoms with van der Waals surface area (Å²) in [7, 11) is 0. The molecule has 1 heterocycles. The minimum absolute atomic E-state index is 0.0438.